The van der Waals surface area contributed by atoms with Crippen LogP contribution in [0.5, 0.6) is 0 Å². The molecular formula is C23H33FN4O3. The van der Waals surface area contributed by atoms with Gasteiger partial charge in [-0.2, -0.15) is 0 Å². The number of nitrogens with zero attached hydrogens (tertiary/aromatic N) is 3. The molecule has 3 rings (SSSR count). The van der Waals surface area contributed by atoms with Crippen molar-refractivity contribution in [3.63, 3.8) is 0 Å². The normalized spacial score (nSPS) is 24.5. The summed E-state index contributed by atoms with van der Waals surface area (Å²) in [5.41, 5.74) is 0.636. The SMILES string of the molecule is CC(=O)N1CCC[C@@](C[C@@H]2CC(c3cccc(F)c3)=NO2)(C(=O)N[C@H](C)CN(C)C)C1. The Labute approximate surface area is 183 Å². The molecule has 170 valence electrons. The number of carbonyl (C=O) groups is 2. The van der Waals surface area contributed by atoms with Crippen molar-refractivity contribution in [3.05, 3.63) is 35.6 Å². The molecule has 0 unspecified atom stereocenters. The summed E-state index contributed by atoms with van der Waals surface area (Å²) in [6.07, 6.45) is 2.12. The summed E-state index contributed by atoms with van der Waals surface area (Å²) in [4.78, 5) is 35.0. The van der Waals surface area contributed by atoms with Crippen LogP contribution in [-0.4, -0.2) is 73.2 Å². The van der Waals surface area contributed by atoms with Crippen molar-refractivity contribution >= 4 is 17.5 Å². The lowest BCUT2D eigenvalue weighted by molar-refractivity contribution is -0.143. The van der Waals surface area contributed by atoms with Crippen LogP contribution in [0.15, 0.2) is 29.4 Å². The molecule has 2 aliphatic rings. The Hall–Kier alpha value is -2.48. The van der Waals surface area contributed by atoms with E-state index in [2.05, 4.69) is 10.5 Å². The van der Waals surface area contributed by atoms with E-state index in [-0.39, 0.29) is 29.8 Å². The number of likely N-dealkylation sites (N-methyl/N-ethyl adjacent to an activating group) is 1. The van der Waals surface area contributed by atoms with Gasteiger partial charge in [-0.15, -0.1) is 0 Å². The van der Waals surface area contributed by atoms with Crippen molar-refractivity contribution in [3.8, 4) is 0 Å². The Kier molecular flexibility index (Phi) is 7.30. The van der Waals surface area contributed by atoms with Crippen LogP contribution in [0.4, 0.5) is 4.39 Å². The Morgan fingerprint density at radius 3 is 2.87 bits per heavy atom. The summed E-state index contributed by atoms with van der Waals surface area (Å²) >= 11 is 0. The zero-order valence-corrected chi connectivity index (χ0v) is 18.9. The highest BCUT2D eigenvalue weighted by Crippen LogP contribution is 2.38. The molecule has 1 aromatic carbocycles. The average molecular weight is 433 g/mol. The maximum atomic E-state index is 13.6. The Balaban J connectivity index is 1.74. The molecule has 0 radical (unpaired) electrons. The van der Waals surface area contributed by atoms with E-state index in [1.165, 1.54) is 12.1 Å². The zero-order chi connectivity index (χ0) is 22.6. The van der Waals surface area contributed by atoms with Crippen molar-refractivity contribution in [1.29, 1.82) is 0 Å². The van der Waals surface area contributed by atoms with Crippen LogP contribution >= 0.6 is 0 Å². The lowest BCUT2D eigenvalue weighted by Gasteiger charge is -2.42. The molecule has 2 heterocycles. The van der Waals surface area contributed by atoms with Gasteiger partial charge in [0.15, 0.2) is 0 Å². The van der Waals surface area contributed by atoms with E-state index in [0.717, 1.165) is 13.0 Å². The van der Waals surface area contributed by atoms with Gasteiger partial charge in [0.2, 0.25) is 11.8 Å². The number of carbonyl (C=O) groups excluding carboxylic acids is 2. The van der Waals surface area contributed by atoms with E-state index in [4.69, 9.17) is 4.84 Å². The highest BCUT2D eigenvalue weighted by atomic mass is 19.1. The molecule has 0 bridgehead atoms. The minimum atomic E-state index is -0.734. The number of nitrogens with one attached hydrogen (secondary N) is 1. The van der Waals surface area contributed by atoms with Crippen molar-refractivity contribution in [2.45, 2.75) is 51.7 Å². The third-order valence-corrected chi connectivity index (χ3v) is 6.03. The summed E-state index contributed by atoms with van der Waals surface area (Å²) in [6.45, 7) is 5.28. The van der Waals surface area contributed by atoms with E-state index >= 15 is 0 Å². The van der Waals surface area contributed by atoms with Gasteiger partial charge in [-0.3, -0.25) is 9.59 Å². The number of amides is 2. The maximum absolute atomic E-state index is 13.6. The van der Waals surface area contributed by atoms with E-state index in [1.54, 1.807) is 24.0 Å². The highest BCUT2D eigenvalue weighted by molar-refractivity contribution is 6.01. The minimum Gasteiger partial charge on any atom is -0.392 e. The van der Waals surface area contributed by atoms with E-state index in [0.29, 0.717) is 43.6 Å². The van der Waals surface area contributed by atoms with Gasteiger partial charge in [0, 0.05) is 51.0 Å². The summed E-state index contributed by atoms with van der Waals surface area (Å²) in [5, 5.41) is 7.31. The second kappa shape index (κ2) is 9.77. The van der Waals surface area contributed by atoms with Gasteiger partial charge in [0.1, 0.15) is 11.9 Å². The molecule has 0 aliphatic carbocycles. The van der Waals surface area contributed by atoms with Gasteiger partial charge < -0.3 is 20.0 Å². The topological polar surface area (TPSA) is 74.2 Å². The molecule has 0 saturated carbocycles. The molecular weight excluding hydrogens is 399 g/mol. The van der Waals surface area contributed by atoms with Crippen molar-refractivity contribution in [2.24, 2.45) is 10.6 Å². The monoisotopic (exact) mass is 432 g/mol. The minimum absolute atomic E-state index is 0.0179. The maximum Gasteiger partial charge on any atom is 0.228 e. The summed E-state index contributed by atoms with van der Waals surface area (Å²) < 4.78 is 13.6. The Morgan fingerprint density at radius 1 is 1.42 bits per heavy atom. The van der Waals surface area contributed by atoms with E-state index in [1.807, 2.05) is 25.9 Å². The van der Waals surface area contributed by atoms with Crippen molar-refractivity contribution in [2.75, 3.05) is 33.7 Å². The fourth-order valence-corrected chi connectivity index (χ4v) is 4.63. The van der Waals surface area contributed by atoms with Crippen molar-refractivity contribution < 1.29 is 18.8 Å². The van der Waals surface area contributed by atoms with Crippen LogP contribution in [0, 0.1) is 11.2 Å². The number of rotatable bonds is 7. The second-order valence-electron chi connectivity index (χ2n) is 9.15. The van der Waals surface area contributed by atoms with Gasteiger partial charge in [0.25, 0.3) is 0 Å². The molecule has 3 atom stereocenters. The van der Waals surface area contributed by atoms with Crippen LogP contribution in [0.1, 0.15) is 45.1 Å². The lowest BCUT2D eigenvalue weighted by Crippen LogP contribution is -2.56. The molecule has 1 aromatic rings. The first kappa shape index (κ1) is 23.2. The van der Waals surface area contributed by atoms with Crippen LogP contribution in [0.3, 0.4) is 0 Å². The molecule has 1 N–H and O–H groups in total. The Bertz CT molecular complexity index is 844. The van der Waals surface area contributed by atoms with Crippen LogP contribution in [0.25, 0.3) is 0 Å². The number of hydrogen-bond acceptors (Lipinski definition) is 5. The third kappa shape index (κ3) is 5.81. The predicted molar refractivity (Wildman–Crippen MR) is 117 cm³/mol. The molecule has 1 fully saturated rings. The number of oxime groups is 1. The van der Waals surface area contributed by atoms with Gasteiger partial charge in [0.05, 0.1) is 11.1 Å². The molecule has 7 nitrogen and oxygen atoms in total. The zero-order valence-electron chi connectivity index (χ0n) is 18.9. The number of piperidine rings is 1. The van der Waals surface area contributed by atoms with Crippen LogP contribution in [0.2, 0.25) is 0 Å². The molecule has 2 aliphatic heterocycles. The fraction of sp³-hybridized carbons (Fsp3) is 0.609. The first-order valence-electron chi connectivity index (χ1n) is 10.9. The van der Waals surface area contributed by atoms with Gasteiger partial charge >= 0.3 is 0 Å². The van der Waals surface area contributed by atoms with Crippen LogP contribution < -0.4 is 5.32 Å². The van der Waals surface area contributed by atoms with E-state index < -0.39 is 5.41 Å². The molecule has 0 aromatic heterocycles. The standard InChI is InChI=1S/C23H33FN4O3/c1-16(14-27(3)4)25-22(30)23(9-6-10-28(15-23)17(2)29)13-20-12-21(26-31-20)18-7-5-8-19(24)11-18/h5,7-8,11,16,20H,6,9-10,12-15H2,1-4H3,(H,25,30)/t16-,20+,23+/m1/s1. The lowest BCUT2D eigenvalue weighted by atomic mass is 9.73. The van der Waals surface area contributed by atoms with Gasteiger partial charge in [-0.25, -0.2) is 4.39 Å². The average Bonchev–Trinajstić information content (AvgIpc) is 3.15. The second-order valence-corrected chi connectivity index (χ2v) is 9.15. The summed E-state index contributed by atoms with van der Waals surface area (Å²) in [6, 6.07) is 6.26. The molecule has 31 heavy (non-hydrogen) atoms. The fourth-order valence-electron chi connectivity index (χ4n) is 4.63. The molecule has 8 heteroatoms. The summed E-state index contributed by atoms with van der Waals surface area (Å²) in [5.74, 6) is -0.392. The molecule has 0 spiro atoms. The first-order valence-corrected chi connectivity index (χ1v) is 10.9. The Morgan fingerprint density at radius 2 is 2.19 bits per heavy atom. The largest absolute Gasteiger partial charge is 0.392 e. The van der Waals surface area contributed by atoms with Crippen LogP contribution in [-0.2, 0) is 14.4 Å². The third-order valence-electron chi connectivity index (χ3n) is 6.03. The molecule has 2 amide bonds. The number of hydrogen-bond donors (Lipinski definition) is 1. The van der Waals surface area contributed by atoms with E-state index in [9.17, 15) is 14.0 Å². The highest BCUT2D eigenvalue weighted by Gasteiger charge is 2.46. The van der Waals surface area contributed by atoms with Crippen molar-refractivity contribution in [1.82, 2.24) is 15.1 Å². The smallest absolute Gasteiger partial charge is 0.228 e. The predicted octanol–water partition coefficient (Wildman–Crippen LogP) is 2.40. The molecule has 1 saturated heterocycles. The first-order chi connectivity index (χ1) is 14.7. The number of benzene rings is 1. The number of halogens is 1. The quantitative estimate of drug-likeness (QED) is 0.718. The summed E-state index contributed by atoms with van der Waals surface area (Å²) in [7, 11) is 3.93. The van der Waals surface area contributed by atoms with Gasteiger partial charge in [-0.1, -0.05) is 17.3 Å². The number of likely N-dealkylation sites (tertiary alicyclic amines) is 1. The van der Waals surface area contributed by atoms with Gasteiger partial charge in [-0.05, 0) is 46.0 Å².